The summed E-state index contributed by atoms with van der Waals surface area (Å²) in [5.41, 5.74) is 6.72. The van der Waals surface area contributed by atoms with Gasteiger partial charge in [0.15, 0.2) is 0 Å². The van der Waals surface area contributed by atoms with Gasteiger partial charge in [-0.1, -0.05) is 13.8 Å². The molecule has 0 aliphatic heterocycles. The number of nitrogens with two attached hydrogens (primary N) is 1. The summed E-state index contributed by atoms with van der Waals surface area (Å²) in [5, 5.41) is 9.95. The Morgan fingerprint density at radius 1 is 1.38 bits per heavy atom. The van der Waals surface area contributed by atoms with E-state index in [-0.39, 0.29) is 11.0 Å². The van der Waals surface area contributed by atoms with Gasteiger partial charge in [0.25, 0.3) is 0 Å². The van der Waals surface area contributed by atoms with Crippen LogP contribution >= 0.6 is 0 Å². The first-order valence-electron chi connectivity index (χ1n) is 5.57. The largest absolute Gasteiger partial charge is 0.508 e. The van der Waals surface area contributed by atoms with Gasteiger partial charge in [0, 0.05) is 16.5 Å². The summed E-state index contributed by atoms with van der Waals surface area (Å²) in [4.78, 5) is 0. The second-order valence-corrected chi connectivity index (χ2v) is 5.16. The van der Waals surface area contributed by atoms with E-state index in [2.05, 4.69) is 13.8 Å². The van der Waals surface area contributed by atoms with Gasteiger partial charge in [-0.2, -0.15) is 0 Å². The van der Waals surface area contributed by atoms with Crippen molar-refractivity contribution in [2.45, 2.75) is 37.6 Å². The molecule has 0 aromatic heterocycles. The fourth-order valence-corrected chi connectivity index (χ4v) is 2.17. The molecular weight excluding hydrogens is 202 g/mol. The topological polar surface area (TPSA) is 55.5 Å². The van der Waals surface area contributed by atoms with Crippen LogP contribution in [0.15, 0.2) is 18.2 Å². The molecule has 16 heavy (non-hydrogen) atoms. The van der Waals surface area contributed by atoms with Crippen LogP contribution in [0.2, 0.25) is 0 Å². The third-order valence-corrected chi connectivity index (χ3v) is 3.91. The third kappa shape index (κ3) is 1.55. The maximum Gasteiger partial charge on any atom is 0.119 e. The Morgan fingerprint density at radius 3 is 2.50 bits per heavy atom. The quantitative estimate of drug-likeness (QED) is 0.822. The molecule has 0 saturated heterocycles. The van der Waals surface area contributed by atoms with Gasteiger partial charge in [0.2, 0.25) is 0 Å². The molecule has 0 spiro atoms. The SMILES string of the molecule is COc1ccc(O)c(C(C)(C)C2(N)CC2)c1. The molecule has 0 atom stereocenters. The van der Waals surface area contributed by atoms with Gasteiger partial charge in [0.05, 0.1) is 7.11 Å². The van der Waals surface area contributed by atoms with Crippen molar-refractivity contribution in [1.29, 1.82) is 0 Å². The average molecular weight is 221 g/mol. The van der Waals surface area contributed by atoms with Crippen LogP contribution < -0.4 is 10.5 Å². The number of aromatic hydroxyl groups is 1. The molecular formula is C13H19NO2. The molecule has 88 valence electrons. The van der Waals surface area contributed by atoms with Gasteiger partial charge in [-0.05, 0) is 31.0 Å². The summed E-state index contributed by atoms with van der Waals surface area (Å²) < 4.78 is 5.19. The van der Waals surface area contributed by atoms with Crippen molar-refractivity contribution in [3.63, 3.8) is 0 Å². The van der Waals surface area contributed by atoms with Crippen LogP contribution in [0.25, 0.3) is 0 Å². The zero-order valence-electron chi connectivity index (χ0n) is 10.1. The molecule has 1 aromatic carbocycles. The number of benzene rings is 1. The number of hydrogen-bond acceptors (Lipinski definition) is 3. The van der Waals surface area contributed by atoms with Gasteiger partial charge in [-0.3, -0.25) is 0 Å². The van der Waals surface area contributed by atoms with E-state index in [0.717, 1.165) is 24.2 Å². The first-order chi connectivity index (χ1) is 7.40. The third-order valence-electron chi connectivity index (χ3n) is 3.91. The Labute approximate surface area is 96.2 Å². The zero-order chi connectivity index (χ0) is 12.0. The van der Waals surface area contributed by atoms with Crippen LogP contribution in [-0.2, 0) is 5.41 Å². The number of ether oxygens (including phenoxy) is 1. The van der Waals surface area contributed by atoms with E-state index in [9.17, 15) is 5.11 Å². The number of hydrogen-bond donors (Lipinski definition) is 2. The molecule has 1 saturated carbocycles. The molecule has 2 rings (SSSR count). The minimum atomic E-state index is -0.231. The lowest BCUT2D eigenvalue weighted by molar-refractivity contribution is 0.360. The Hall–Kier alpha value is -1.22. The van der Waals surface area contributed by atoms with Crippen molar-refractivity contribution in [3.8, 4) is 11.5 Å². The number of phenols is 1. The number of methoxy groups -OCH3 is 1. The molecule has 1 aliphatic rings. The Kier molecular flexibility index (Phi) is 2.39. The van der Waals surface area contributed by atoms with Crippen LogP contribution in [0.5, 0.6) is 11.5 Å². The minimum Gasteiger partial charge on any atom is -0.508 e. The summed E-state index contributed by atoms with van der Waals surface area (Å²) in [6, 6.07) is 5.30. The van der Waals surface area contributed by atoms with Crippen LogP contribution in [0, 0.1) is 0 Å². The summed E-state index contributed by atoms with van der Waals surface area (Å²) in [6.45, 7) is 4.16. The molecule has 1 aromatic rings. The van der Waals surface area contributed by atoms with E-state index in [1.54, 1.807) is 19.2 Å². The van der Waals surface area contributed by atoms with Gasteiger partial charge >= 0.3 is 0 Å². The van der Waals surface area contributed by atoms with Crippen molar-refractivity contribution >= 4 is 0 Å². The molecule has 0 bridgehead atoms. The lowest BCUT2D eigenvalue weighted by Crippen LogP contribution is -2.43. The smallest absolute Gasteiger partial charge is 0.119 e. The second-order valence-electron chi connectivity index (χ2n) is 5.16. The van der Waals surface area contributed by atoms with E-state index in [1.807, 2.05) is 6.07 Å². The fraction of sp³-hybridized carbons (Fsp3) is 0.538. The normalized spacial score (nSPS) is 18.2. The summed E-state index contributed by atoms with van der Waals surface area (Å²) in [6.07, 6.45) is 2.02. The maximum atomic E-state index is 9.95. The highest BCUT2D eigenvalue weighted by Gasteiger charge is 2.52. The van der Waals surface area contributed by atoms with Crippen LogP contribution in [0.1, 0.15) is 32.3 Å². The van der Waals surface area contributed by atoms with Gasteiger partial charge in [-0.15, -0.1) is 0 Å². The van der Waals surface area contributed by atoms with Crippen molar-refractivity contribution in [3.05, 3.63) is 23.8 Å². The zero-order valence-corrected chi connectivity index (χ0v) is 10.1. The maximum absolute atomic E-state index is 9.95. The summed E-state index contributed by atoms with van der Waals surface area (Å²) >= 11 is 0. The molecule has 0 radical (unpaired) electrons. The molecule has 0 heterocycles. The molecule has 3 N–H and O–H groups in total. The first-order valence-corrected chi connectivity index (χ1v) is 5.57. The number of rotatable bonds is 3. The van der Waals surface area contributed by atoms with E-state index in [0.29, 0.717) is 5.75 Å². The number of phenolic OH excluding ortho intramolecular Hbond substituents is 1. The molecule has 0 unspecified atom stereocenters. The van der Waals surface area contributed by atoms with E-state index in [4.69, 9.17) is 10.5 Å². The monoisotopic (exact) mass is 221 g/mol. The van der Waals surface area contributed by atoms with Gasteiger partial charge < -0.3 is 15.6 Å². The van der Waals surface area contributed by atoms with E-state index >= 15 is 0 Å². The molecule has 3 heteroatoms. The predicted octanol–water partition coefficient (Wildman–Crippen LogP) is 2.17. The minimum absolute atomic E-state index is 0.184. The highest BCUT2D eigenvalue weighted by molar-refractivity contribution is 5.46. The standard InChI is InChI=1S/C13H19NO2/c1-12(2,13(14)6-7-13)10-8-9(16-3)4-5-11(10)15/h4-5,8,15H,6-7,14H2,1-3H3. The summed E-state index contributed by atoms with van der Waals surface area (Å²) in [7, 11) is 1.62. The highest BCUT2D eigenvalue weighted by Crippen LogP contribution is 2.51. The van der Waals surface area contributed by atoms with Crippen LogP contribution in [0.4, 0.5) is 0 Å². The lowest BCUT2D eigenvalue weighted by Gasteiger charge is -2.33. The average Bonchev–Trinajstić information content (AvgIpc) is 2.99. The Bertz CT molecular complexity index is 408. The highest BCUT2D eigenvalue weighted by atomic mass is 16.5. The Morgan fingerprint density at radius 2 is 2.00 bits per heavy atom. The molecule has 0 amide bonds. The van der Waals surface area contributed by atoms with Crippen molar-refractivity contribution in [1.82, 2.24) is 0 Å². The predicted molar refractivity (Wildman–Crippen MR) is 63.8 cm³/mol. The fourth-order valence-electron chi connectivity index (χ4n) is 2.17. The van der Waals surface area contributed by atoms with Crippen molar-refractivity contribution < 1.29 is 9.84 Å². The van der Waals surface area contributed by atoms with E-state index in [1.165, 1.54) is 0 Å². The second kappa shape index (κ2) is 3.39. The lowest BCUT2D eigenvalue weighted by atomic mass is 9.75. The molecule has 3 nitrogen and oxygen atoms in total. The summed E-state index contributed by atoms with van der Waals surface area (Å²) in [5.74, 6) is 1.05. The van der Waals surface area contributed by atoms with Crippen molar-refractivity contribution in [2.75, 3.05) is 7.11 Å². The van der Waals surface area contributed by atoms with Crippen LogP contribution in [-0.4, -0.2) is 17.8 Å². The Balaban J connectivity index is 2.46. The van der Waals surface area contributed by atoms with Crippen molar-refractivity contribution in [2.24, 2.45) is 5.73 Å². The van der Waals surface area contributed by atoms with E-state index < -0.39 is 0 Å². The first kappa shape index (κ1) is 11.3. The van der Waals surface area contributed by atoms with Gasteiger partial charge in [-0.25, -0.2) is 0 Å². The molecule has 1 fully saturated rings. The molecule has 1 aliphatic carbocycles. The van der Waals surface area contributed by atoms with Crippen LogP contribution in [0.3, 0.4) is 0 Å². The van der Waals surface area contributed by atoms with Gasteiger partial charge in [0.1, 0.15) is 11.5 Å².